The summed E-state index contributed by atoms with van der Waals surface area (Å²) in [5, 5.41) is 0. The summed E-state index contributed by atoms with van der Waals surface area (Å²) in [6.45, 7) is 10.8. The summed E-state index contributed by atoms with van der Waals surface area (Å²) in [6.07, 6.45) is 11.4. The van der Waals surface area contributed by atoms with Crippen LogP contribution in [0, 0.1) is 22.7 Å². The largest absolute Gasteiger partial charge is 0.469 e. The summed E-state index contributed by atoms with van der Waals surface area (Å²) >= 11 is 0. The first-order valence-corrected chi connectivity index (χ1v) is 8.98. The van der Waals surface area contributed by atoms with Crippen LogP contribution in [-0.2, 0) is 9.53 Å². The number of hydrogen-bond donors (Lipinski definition) is 0. The second-order valence-electron chi connectivity index (χ2n) is 8.30. The number of methoxy groups -OCH3 is 1. The van der Waals surface area contributed by atoms with Crippen molar-refractivity contribution in [1.82, 2.24) is 0 Å². The number of esters is 1. The Labute approximate surface area is 140 Å². The molecule has 3 aliphatic rings. The maximum absolute atomic E-state index is 12.5. The minimum Gasteiger partial charge on any atom is -0.469 e. The third-order valence-electron chi connectivity index (χ3n) is 7.01. The fourth-order valence-electron chi connectivity index (χ4n) is 5.68. The van der Waals surface area contributed by atoms with Gasteiger partial charge in [0.1, 0.15) is 0 Å². The number of allylic oxidation sites excluding steroid dienone is 5. The molecular weight excluding hydrogens is 284 g/mol. The summed E-state index contributed by atoms with van der Waals surface area (Å²) in [7, 11) is 1.53. The van der Waals surface area contributed by atoms with Crippen LogP contribution in [-0.4, -0.2) is 13.1 Å². The molecule has 23 heavy (non-hydrogen) atoms. The highest BCUT2D eigenvalue weighted by Gasteiger charge is 2.57. The van der Waals surface area contributed by atoms with E-state index in [-0.39, 0.29) is 16.8 Å². The Morgan fingerprint density at radius 1 is 1.35 bits per heavy atom. The lowest BCUT2D eigenvalue weighted by molar-refractivity contribution is -0.166. The molecule has 0 aromatic heterocycles. The Hall–Kier alpha value is -1.31. The molecule has 2 nitrogen and oxygen atoms in total. The number of carbonyl (C=O) groups is 1. The fourth-order valence-corrected chi connectivity index (χ4v) is 5.68. The average molecular weight is 314 g/mol. The molecule has 0 spiro atoms. The molecule has 2 heteroatoms. The Balaban J connectivity index is 2.00. The number of rotatable bonds is 2. The van der Waals surface area contributed by atoms with Gasteiger partial charge in [-0.15, -0.1) is 0 Å². The van der Waals surface area contributed by atoms with Crippen molar-refractivity contribution < 1.29 is 9.53 Å². The lowest BCUT2D eigenvalue weighted by Gasteiger charge is -2.57. The van der Waals surface area contributed by atoms with Crippen molar-refractivity contribution in [3.63, 3.8) is 0 Å². The maximum atomic E-state index is 12.5. The number of hydrogen-bond acceptors (Lipinski definition) is 2. The highest BCUT2D eigenvalue weighted by molar-refractivity contribution is 5.77. The van der Waals surface area contributed by atoms with E-state index in [1.54, 1.807) is 0 Å². The van der Waals surface area contributed by atoms with E-state index in [4.69, 9.17) is 4.74 Å². The van der Waals surface area contributed by atoms with Crippen molar-refractivity contribution in [2.45, 2.75) is 59.3 Å². The molecule has 0 saturated heterocycles. The van der Waals surface area contributed by atoms with Gasteiger partial charge in [-0.25, -0.2) is 0 Å². The molecule has 0 radical (unpaired) electrons. The normalized spacial score (nSPS) is 39.5. The first kappa shape index (κ1) is 16.5. The fraction of sp³-hybridized carbons (Fsp3) is 0.667. The zero-order valence-corrected chi connectivity index (χ0v) is 15.1. The van der Waals surface area contributed by atoms with Crippen LogP contribution in [0.3, 0.4) is 0 Å². The zero-order valence-electron chi connectivity index (χ0n) is 15.1. The molecule has 0 bridgehead atoms. The van der Waals surface area contributed by atoms with E-state index in [1.807, 2.05) is 0 Å². The number of carbonyl (C=O) groups excluding carboxylic acids is 1. The van der Waals surface area contributed by atoms with Crippen LogP contribution in [0.2, 0.25) is 0 Å². The van der Waals surface area contributed by atoms with Crippen molar-refractivity contribution in [3.05, 3.63) is 35.5 Å². The van der Waals surface area contributed by atoms with Gasteiger partial charge in [-0.3, -0.25) is 4.79 Å². The predicted molar refractivity (Wildman–Crippen MR) is 93.9 cm³/mol. The van der Waals surface area contributed by atoms with Gasteiger partial charge in [0.25, 0.3) is 0 Å². The molecule has 3 aliphatic carbocycles. The molecule has 3 rings (SSSR count). The third kappa shape index (κ3) is 2.42. The molecule has 0 heterocycles. The van der Waals surface area contributed by atoms with Gasteiger partial charge in [0, 0.05) is 0 Å². The van der Waals surface area contributed by atoms with E-state index >= 15 is 0 Å². The van der Waals surface area contributed by atoms with Crippen LogP contribution in [0.5, 0.6) is 0 Å². The predicted octanol–water partition coefficient (Wildman–Crippen LogP) is 5.21. The van der Waals surface area contributed by atoms with E-state index in [0.29, 0.717) is 11.8 Å². The Kier molecular flexibility index (Phi) is 4.06. The van der Waals surface area contributed by atoms with E-state index in [0.717, 1.165) is 25.7 Å². The second kappa shape index (κ2) is 5.65. The number of fused-ring (bicyclic) bond motifs is 3. The Morgan fingerprint density at radius 3 is 2.74 bits per heavy atom. The minimum absolute atomic E-state index is 0.0146. The molecule has 126 valence electrons. The zero-order chi connectivity index (χ0) is 16.8. The van der Waals surface area contributed by atoms with Crippen LogP contribution < -0.4 is 0 Å². The van der Waals surface area contributed by atoms with Gasteiger partial charge < -0.3 is 4.74 Å². The number of ether oxygens (including phenoxy) is 1. The van der Waals surface area contributed by atoms with Gasteiger partial charge in [-0.1, -0.05) is 37.6 Å². The molecule has 1 saturated carbocycles. The first-order valence-electron chi connectivity index (χ1n) is 8.98. The average Bonchev–Trinajstić information content (AvgIpc) is 2.53. The van der Waals surface area contributed by atoms with Gasteiger partial charge in [0.2, 0.25) is 0 Å². The minimum atomic E-state index is -0.331. The van der Waals surface area contributed by atoms with Crippen molar-refractivity contribution in [2.75, 3.05) is 7.11 Å². The molecule has 1 fully saturated rings. The molecule has 0 aromatic rings. The van der Waals surface area contributed by atoms with E-state index in [9.17, 15) is 4.79 Å². The molecule has 0 aromatic carbocycles. The SMILES string of the molecule is C=C(C)C1=CC2=CCC3C(C)(C(=O)OC)CCCC3(C)C2CC1. The van der Waals surface area contributed by atoms with Gasteiger partial charge in [0.15, 0.2) is 0 Å². The Bertz CT molecular complexity index is 597. The molecule has 0 amide bonds. The molecule has 4 atom stereocenters. The molecule has 4 unspecified atom stereocenters. The summed E-state index contributed by atoms with van der Waals surface area (Å²) in [4.78, 5) is 12.5. The van der Waals surface area contributed by atoms with Crippen LogP contribution in [0.15, 0.2) is 35.5 Å². The standard InChI is InChI=1S/C21H30O2/c1-14(2)15-7-9-17-16(13-15)8-10-18-20(17,3)11-6-12-21(18,4)19(22)23-5/h8,13,17-18H,1,6-7,9-12H2,2-5H3. The first-order chi connectivity index (χ1) is 10.8. The van der Waals surface area contributed by atoms with E-state index in [2.05, 4.69) is 39.5 Å². The summed E-state index contributed by atoms with van der Waals surface area (Å²) < 4.78 is 5.19. The van der Waals surface area contributed by atoms with Crippen LogP contribution in [0.1, 0.15) is 59.3 Å². The summed E-state index contributed by atoms with van der Waals surface area (Å²) in [6, 6.07) is 0. The topological polar surface area (TPSA) is 26.3 Å². The lowest BCUT2D eigenvalue weighted by atomic mass is 9.47. The van der Waals surface area contributed by atoms with Crippen molar-refractivity contribution in [3.8, 4) is 0 Å². The van der Waals surface area contributed by atoms with Gasteiger partial charge in [-0.2, -0.15) is 0 Å². The van der Waals surface area contributed by atoms with Gasteiger partial charge in [-0.05, 0) is 74.3 Å². The summed E-state index contributed by atoms with van der Waals surface area (Å²) in [5.74, 6) is 0.956. The smallest absolute Gasteiger partial charge is 0.311 e. The van der Waals surface area contributed by atoms with Gasteiger partial charge in [0.05, 0.1) is 12.5 Å². The molecule has 0 aliphatic heterocycles. The van der Waals surface area contributed by atoms with Crippen LogP contribution >= 0.6 is 0 Å². The van der Waals surface area contributed by atoms with Crippen LogP contribution in [0.4, 0.5) is 0 Å². The van der Waals surface area contributed by atoms with Gasteiger partial charge >= 0.3 is 5.97 Å². The third-order valence-corrected chi connectivity index (χ3v) is 7.01. The highest BCUT2D eigenvalue weighted by Crippen LogP contribution is 2.62. The van der Waals surface area contributed by atoms with Crippen LogP contribution in [0.25, 0.3) is 0 Å². The second-order valence-corrected chi connectivity index (χ2v) is 8.30. The van der Waals surface area contributed by atoms with Crippen molar-refractivity contribution >= 4 is 5.97 Å². The molecular formula is C21H30O2. The summed E-state index contributed by atoms with van der Waals surface area (Å²) in [5.41, 5.74) is 3.97. The van der Waals surface area contributed by atoms with Crippen molar-refractivity contribution in [2.24, 2.45) is 22.7 Å². The van der Waals surface area contributed by atoms with E-state index in [1.165, 1.54) is 36.7 Å². The monoisotopic (exact) mass is 314 g/mol. The highest BCUT2D eigenvalue weighted by atomic mass is 16.5. The lowest BCUT2D eigenvalue weighted by Crippen LogP contribution is -2.53. The quantitative estimate of drug-likeness (QED) is 0.654. The molecule has 0 N–H and O–H groups in total. The van der Waals surface area contributed by atoms with E-state index < -0.39 is 0 Å². The van der Waals surface area contributed by atoms with Crippen molar-refractivity contribution in [1.29, 1.82) is 0 Å². The Morgan fingerprint density at radius 2 is 2.09 bits per heavy atom. The maximum Gasteiger partial charge on any atom is 0.311 e.